The number of aliphatic hydroxyl groups is 1. The maximum atomic E-state index is 13.1. The van der Waals surface area contributed by atoms with Crippen molar-refractivity contribution >= 4 is 23.1 Å². The molecule has 1 heterocycles. The molecule has 0 aliphatic carbocycles. The number of hydrogen-bond donors (Lipinski definition) is 1. The van der Waals surface area contributed by atoms with E-state index in [1.807, 2.05) is 66.7 Å². The first-order valence-corrected chi connectivity index (χ1v) is 10.1. The Balaban J connectivity index is 1.72. The highest BCUT2D eigenvalue weighted by molar-refractivity contribution is 6.30. The summed E-state index contributed by atoms with van der Waals surface area (Å²) in [4.78, 5) is 14.8. The quantitative estimate of drug-likeness (QED) is 0.578. The number of benzene rings is 3. The molecule has 30 heavy (non-hydrogen) atoms. The van der Waals surface area contributed by atoms with Crippen LogP contribution in [-0.2, 0) is 11.2 Å². The summed E-state index contributed by atoms with van der Waals surface area (Å²) >= 11 is 6.08. The molecule has 0 bridgehead atoms. The number of ether oxygens (including phenoxy) is 1. The smallest absolute Gasteiger partial charge is 0.289 e. The molecular weight excluding hydrogens is 398 g/mol. The van der Waals surface area contributed by atoms with Crippen LogP contribution in [0.1, 0.15) is 22.7 Å². The van der Waals surface area contributed by atoms with Crippen LogP contribution in [0.3, 0.4) is 0 Å². The Morgan fingerprint density at radius 3 is 2.27 bits per heavy atom. The molecule has 1 aliphatic rings. The topological polar surface area (TPSA) is 49.8 Å². The molecule has 1 N–H and O–H groups in total. The minimum Gasteiger partial charge on any atom is -0.503 e. The van der Waals surface area contributed by atoms with Crippen molar-refractivity contribution in [2.24, 2.45) is 0 Å². The minimum atomic E-state index is -0.396. The molecule has 4 rings (SSSR count). The molecular formula is C25H22ClNO3. The van der Waals surface area contributed by atoms with Gasteiger partial charge in [0.15, 0.2) is 5.76 Å². The molecule has 1 aliphatic heterocycles. The molecule has 0 saturated carbocycles. The average molecular weight is 420 g/mol. The number of halogens is 1. The zero-order chi connectivity index (χ0) is 21.1. The van der Waals surface area contributed by atoms with Gasteiger partial charge in [0.1, 0.15) is 5.75 Å². The lowest BCUT2D eigenvalue weighted by molar-refractivity contribution is -0.129. The number of methoxy groups -OCH3 is 1. The van der Waals surface area contributed by atoms with Gasteiger partial charge in [-0.15, -0.1) is 0 Å². The molecule has 4 nitrogen and oxygen atoms in total. The van der Waals surface area contributed by atoms with Crippen LogP contribution in [0.15, 0.2) is 84.6 Å². The summed E-state index contributed by atoms with van der Waals surface area (Å²) in [5.41, 5.74) is 3.41. The third kappa shape index (κ3) is 3.91. The lowest BCUT2D eigenvalue weighted by Crippen LogP contribution is -2.32. The second kappa shape index (κ2) is 8.64. The van der Waals surface area contributed by atoms with Crippen molar-refractivity contribution in [3.8, 4) is 5.75 Å². The third-order valence-electron chi connectivity index (χ3n) is 5.37. The van der Waals surface area contributed by atoms with Crippen LogP contribution in [0.5, 0.6) is 5.75 Å². The van der Waals surface area contributed by atoms with E-state index in [9.17, 15) is 9.90 Å². The van der Waals surface area contributed by atoms with Crippen LogP contribution in [0.4, 0.5) is 0 Å². The van der Waals surface area contributed by atoms with E-state index < -0.39 is 6.04 Å². The zero-order valence-corrected chi connectivity index (χ0v) is 17.3. The van der Waals surface area contributed by atoms with Gasteiger partial charge in [0.2, 0.25) is 0 Å². The summed E-state index contributed by atoms with van der Waals surface area (Å²) in [5.74, 6) is 0.136. The van der Waals surface area contributed by atoms with Crippen LogP contribution in [0.2, 0.25) is 5.02 Å². The van der Waals surface area contributed by atoms with Crippen molar-refractivity contribution in [2.45, 2.75) is 12.5 Å². The fraction of sp³-hybridized carbons (Fsp3) is 0.160. The van der Waals surface area contributed by atoms with E-state index in [0.29, 0.717) is 29.3 Å². The standard InChI is InChI=1S/C25H22ClNO3/c1-30-21-13-9-18(10-14-21)22-23(19-7-11-20(26)12-8-19)27(25(29)24(22)28)16-15-17-5-3-2-4-6-17/h2-14,23,28H,15-16H2,1H3/t23-/m1/s1. The Hall–Kier alpha value is -3.24. The highest BCUT2D eigenvalue weighted by Crippen LogP contribution is 2.43. The molecule has 1 amide bonds. The molecule has 0 unspecified atom stereocenters. The van der Waals surface area contributed by atoms with Crippen molar-refractivity contribution in [3.05, 3.63) is 106 Å². The van der Waals surface area contributed by atoms with Gasteiger partial charge in [0, 0.05) is 17.1 Å². The lowest BCUT2D eigenvalue weighted by Gasteiger charge is -2.27. The summed E-state index contributed by atoms with van der Waals surface area (Å²) < 4.78 is 5.24. The van der Waals surface area contributed by atoms with E-state index in [1.54, 1.807) is 24.1 Å². The van der Waals surface area contributed by atoms with Crippen molar-refractivity contribution in [1.82, 2.24) is 4.90 Å². The van der Waals surface area contributed by atoms with Crippen LogP contribution < -0.4 is 4.74 Å². The maximum absolute atomic E-state index is 13.1. The van der Waals surface area contributed by atoms with Crippen LogP contribution in [-0.4, -0.2) is 29.6 Å². The predicted octanol–water partition coefficient (Wildman–Crippen LogP) is 5.44. The van der Waals surface area contributed by atoms with Gasteiger partial charge < -0.3 is 14.7 Å². The molecule has 0 spiro atoms. The number of carbonyl (C=O) groups is 1. The molecule has 0 fully saturated rings. The molecule has 0 aromatic heterocycles. The predicted molar refractivity (Wildman–Crippen MR) is 119 cm³/mol. The average Bonchev–Trinajstić information content (AvgIpc) is 3.04. The van der Waals surface area contributed by atoms with Crippen molar-refractivity contribution in [2.75, 3.05) is 13.7 Å². The number of aliphatic hydroxyl groups excluding tert-OH is 1. The number of amides is 1. The van der Waals surface area contributed by atoms with Crippen LogP contribution in [0.25, 0.3) is 5.57 Å². The lowest BCUT2D eigenvalue weighted by atomic mass is 9.93. The van der Waals surface area contributed by atoms with E-state index in [0.717, 1.165) is 16.7 Å². The van der Waals surface area contributed by atoms with E-state index >= 15 is 0 Å². The van der Waals surface area contributed by atoms with Crippen molar-refractivity contribution in [1.29, 1.82) is 0 Å². The van der Waals surface area contributed by atoms with Crippen LogP contribution >= 0.6 is 11.6 Å². The van der Waals surface area contributed by atoms with Crippen LogP contribution in [0, 0.1) is 0 Å². The molecule has 3 aromatic carbocycles. The molecule has 0 saturated heterocycles. The van der Waals surface area contributed by atoms with E-state index in [-0.39, 0.29) is 11.7 Å². The number of rotatable bonds is 6. The summed E-state index contributed by atoms with van der Waals surface area (Å²) in [5, 5.41) is 11.4. The largest absolute Gasteiger partial charge is 0.503 e. The highest BCUT2D eigenvalue weighted by atomic mass is 35.5. The SMILES string of the molecule is COc1ccc(C2=C(O)C(=O)N(CCc3ccccc3)[C@@H]2c2ccc(Cl)cc2)cc1. The monoisotopic (exact) mass is 419 g/mol. The van der Waals surface area contributed by atoms with Gasteiger partial charge in [-0.2, -0.15) is 0 Å². The Kier molecular flexibility index (Phi) is 5.77. The molecule has 0 radical (unpaired) electrons. The Morgan fingerprint density at radius 2 is 1.63 bits per heavy atom. The van der Waals surface area contributed by atoms with Gasteiger partial charge in [-0.3, -0.25) is 4.79 Å². The van der Waals surface area contributed by atoms with Gasteiger partial charge in [0.25, 0.3) is 5.91 Å². The number of hydrogen-bond acceptors (Lipinski definition) is 3. The normalized spacial score (nSPS) is 16.3. The Morgan fingerprint density at radius 1 is 0.967 bits per heavy atom. The van der Waals surface area contributed by atoms with Gasteiger partial charge in [0.05, 0.1) is 13.2 Å². The first-order chi connectivity index (χ1) is 14.6. The van der Waals surface area contributed by atoms with Gasteiger partial charge >= 0.3 is 0 Å². The second-order valence-corrected chi connectivity index (χ2v) is 7.62. The molecule has 3 aromatic rings. The molecule has 152 valence electrons. The number of nitrogens with zero attached hydrogens (tertiary/aromatic N) is 1. The fourth-order valence-electron chi connectivity index (χ4n) is 3.84. The Bertz CT molecular complexity index is 1060. The van der Waals surface area contributed by atoms with E-state index in [4.69, 9.17) is 16.3 Å². The van der Waals surface area contributed by atoms with Crippen molar-refractivity contribution < 1.29 is 14.6 Å². The summed E-state index contributed by atoms with van der Waals surface area (Å²) in [6, 6.07) is 24.4. The zero-order valence-electron chi connectivity index (χ0n) is 16.6. The van der Waals surface area contributed by atoms with Crippen molar-refractivity contribution in [3.63, 3.8) is 0 Å². The summed E-state index contributed by atoms with van der Waals surface area (Å²) in [6.45, 7) is 0.486. The fourth-order valence-corrected chi connectivity index (χ4v) is 3.96. The minimum absolute atomic E-state index is 0.215. The third-order valence-corrected chi connectivity index (χ3v) is 5.63. The van der Waals surface area contributed by atoms with Gasteiger partial charge in [-0.25, -0.2) is 0 Å². The summed E-state index contributed by atoms with van der Waals surface area (Å²) in [7, 11) is 1.60. The van der Waals surface area contributed by atoms with E-state index in [1.165, 1.54) is 0 Å². The highest BCUT2D eigenvalue weighted by Gasteiger charge is 2.40. The van der Waals surface area contributed by atoms with Gasteiger partial charge in [-0.1, -0.05) is 66.2 Å². The first-order valence-electron chi connectivity index (χ1n) is 9.76. The Labute approximate surface area is 181 Å². The van der Waals surface area contributed by atoms with E-state index in [2.05, 4.69) is 0 Å². The molecule has 5 heteroatoms. The summed E-state index contributed by atoms with van der Waals surface area (Å²) in [6.07, 6.45) is 0.694. The number of carbonyl (C=O) groups excluding carboxylic acids is 1. The first kappa shape index (κ1) is 20.0. The maximum Gasteiger partial charge on any atom is 0.289 e. The second-order valence-electron chi connectivity index (χ2n) is 7.18. The van der Waals surface area contributed by atoms with Gasteiger partial charge in [-0.05, 0) is 47.4 Å². The molecule has 1 atom stereocenters.